The van der Waals surface area contributed by atoms with Gasteiger partial charge >= 0.3 is 6.18 Å². The minimum absolute atomic E-state index is 0.269. The summed E-state index contributed by atoms with van der Waals surface area (Å²) in [5.74, 6) is 0.753. The summed E-state index contributed by atoms with van der Waals surface area (Å²) < 4.78 is 43.6. The first-order chi connectivity index (χ1) is 9.29. The van der Waals surface area contributed by atoms with E-state index in [1.54, 1.807) is 30.3 Å². The van der Waals surface area contributed by atoms with Crippen LogP contribution in [0.3, 0.4) is 0 Å². The predicted molar refractivity (Wildman–Crippen MR) is 71.4 cm³/mol. The van der Waals surface area contributed by atoms with Gasteiger partial charge in [0.05, 0.1) is 11.8 Å². The van der Waals surface area contributed by atoms with Crippen LogP contribution in [0.2, 0.25) is 0 Å². The number of hydrogen-bond acceptors (Lipinski definition) is 3. The number of nitrogen functional groups attached to an aromatic ring is 1. The van der Waals surface area contributed by atoms with Gasteiger partial charge in [-0.15, -0.1) is 0 Å². The van der Waals surface area contributed by atoms with Crippen LogP contribution in [0, 0.1) is 6.92 Å². The Morgan fingerprint density at radius 2 is 1.95 bits per heavy atom. The van der Waals surface area contributed by atoms with Gasteiger partial charge in [-0.2, -0.15) is 13.2 Å². The summed E-state index contributed by atoms with van der Waals surface area (Å²) >= 11 is 0. The number of anilines is 2. The fourth-order valence-electron chi connectivity index (χ4n) is 1.95. The highest BCUT2D eigenvalue weighted by Gasteiger charge is 2.33. The maximum Gasteiger partial charge on any atom is 0.418 e. The number of hydrogen-bond donors (Lipinski definition) is 1. The molecular formula is C14H15F3N2O. The third-order valence-corrected chi connectivity index (χ3v) is 3.16. The van der Waals surface area contributed by atoms with Crippen molar-refractivity contribution in [3.05, 3.63) is 47.4 Å². The van der Waals surface area contributed by atoms with E-state index in [1.165, 1.54) is 6.07 Å². The Labute approximate surface area is 114 Å². The monoisotopic (exact) mass is 284 g/mol. The molecule has 1 heterocycles. The maximum absolute atomic E-state index is 12.8. The van der Waals surface area contributed by atoms with Gasteiger partial charge < -0.3 is 15.1 Å². The standard InChI is InChI=1S/C14H15F3N2O/c1-9-10(5-6-20-9)8-19(2)11-3-4-13(18)12(7-11)14(15,16)17/h3-7H,8,18H2,1-2H3. The molecule has 0 aliphatic carbocycles. The average molecular weight is 284 g/mol. The van der Waals surface area contributed by atoms with Crippen molar-refractivity contribution in [1.29, 1.82) is 0 Å². The van der Waals surface area contributed by atoms with Gasteiger partial charge in [0.25, 0.3) is 0 Å². The highest BCUT2D eigenvalue weighted by Crippen LogP contribution is 2.36. The van der Waals surface area contributed by atoms with Crippen molar-refractivity contribution >= 4 is 11.4 Å². The molecule has 0 fully saturated rings. The smallest absolute Gasteiger partial charge is 0.418 e. The fourth-order valence-corrected chi connectivity index (χ4v) is 1.95. The van der Waals surface area contributed by atoms with Crippen LogP contribution in [0.4, 0.5) is 24.5 Å². The van der Waals surface area contributed by atoms with E-state index < -0.39 is 11.7 Å². The first-order valence-electron chi connectivity index (χ1n) is 6.00. The van der Waals surface area contributed by atoms with E-state index in [0.717, 1.165) is 17.4 Å². The second-order valence-electron chi connectivity index (χ2n) is 4.63. The third kappa shape index (κ3) is 2.89. The van der Waals surface area contributed by atoms with Crippen LogP contribution in [-0.2, 0) is 12.7 Å². The van der Waals surface area contributed by atoms with Gasteiger partial charge in [-0.3, -0.25) is 0 Å². The molecule has 2 rings (SSSR count). The molecule has 0 spiro atoms. The van der Waals surface area contributed by atoms with Gasteiger partial charge in [0, 0.05) is 30.5 Å². The van der Waals surface area contributed by atoms with Crippen molar-refractivity contribution in [1.82, 2.24) is 0 Å². The molecule has 6 heteroatoms. The minimum Gasteiger partial charge on any atom is -0.469 e. The van der Waals surface area contributed by atoms with Crippen LogP contribution in [-0.4, -0.2) is 7.05 Å². The van der Waals surface area contributed by atoms with E-state index in [2.05, 4.69) is 0 Å². The van der Waals surface area contributed by atoms with Crippen LogP contribution < -0.4 is 10.6 Å². The van der Waals surface area contributed by atoms with E-state index in [4.69, 9.17) is 10.2 Å². The Hall–Kier alpha value is -2.11. The summed E-state index contributed by atoms with van der Waals surface area (Å²) in [7, 11) is 1.72. The average Bonchev–Trinajstić information content (AvgIpc) is 2.74. The summed E-state index contributed by atoms with van der Waals surface area (Å²) in [5, 5.41) is 0. The fraction of sp³-hybridized carbons (Fsp3) is 0.286. The van der Waals surface area contributed by atoms with Gasteiger partial charge in [-0.05, 0) is 31.2 Å². The lowest BCUT2D eigenvalue weighted by Crippen LogP contribution is -2.18. The van der Waals surface area contributed by atoms with Crippen LogP contribution in [0.1, 0.15) is 16.9 Å². The van der Waals surface area contributed by atoms with E-state index in [9.17, 15) is 13.2 Å². The van der Waals surface area contributed by atoms with E-state index >= 15 is 0 Å². The van der Waals surface area contributed by atoms with Gasteiger partial charge in [-0.25, -0.2) is 0 Å². The zero-order valence-electron chi connectivity index (χ0n) is 11.2. The SMILES string of the molecule is Cc1occc1CN(C)c1ccc(N)c(C(F)(F)F)c1. The summed E-state index contributed by atoms with van der Waals surface area (Å²) in [5.41, 5.74) is 5.68. The molecule has 20 heavy (non-hydrogen) atoms. The number of halogens is 3. The van der Waals surface area contributed by atoms with Gasteiger partial charge in [-0.1, -0.05) is 0 Å². The van der Waals surface area contributed by atoms with Gasteiger partial charge in [0.15, 0.2) is 0 Å². The van der Waals surface area contributed by atoms with Crippen molar-refractivity contribution in [2.75, 3.05) is 17.7 Å². The molecule has 0 atom stereocenters. The lowest BCUT2D eigenvalue weighted by Gasteiger charge is -2.21. The number of furan rings is 1. The molecule has 1 aromatic heterocycles. The highest BCUT2D eigenvalue weighted by molar-refractivity contribution is 5.59. The Morgan fingerprint density at radius 1 is 1.25 bits per heavy atom. The Morgan fingerprint density at radius 3 is 2.50 bits per heavy atom. The van der Waals surface area contributed by atoms with Crippen LogP contribution in [0.15, 0.2) is 34.9 Å². The normalized spacial score (nSPS) is 11.7. The second-order valence-corrected chi connectivity index (χ2v) is 4.63. The van der Waals surface area contributed by atoms with E-state index in [-0.39, 0.29) is 5.69 Å². The van der Waals surface area contributed by atoms with Crippen molar-refractivity contribution < 1.29 is 17.6 Å². The maximum atomic E-state index is 12.8. The topological polar surface area (TPSA) is 42.4 Å². The molecule has 3 nitrogen and oxygen atoms in total. The summed E-state index contributed by atoms with van der Waals surface area (Å²) in [6.07, 6.45) is -2.89. The zero-order valence-corrected chi connectivity index (χ0v) is 11.2. The molecule has 0 unspecified atom stereocenters. The van der Waals surface area contributed by atoms with Crippen LogP contribution in [0.25, 0.3) is 0 Å². The molecule has 0 aliphatic rings. The van der Waals surface area contributed by atoms with Crippen molar-refractivity contribution in [2.45, 2.75) is 19.6 Å². The lowest BCUT2D eigenvalue weighted by molar-refractivity contribution is -0.136. The van der Waals surface area contributed by atoms with E-state index in [1.807, 2.05) is 6.92 Å². The van der Waals surface area contributed by atoms with Gasteiger partial charge in [0.1, 0.15) is 5.76 Å². The number of alkyl halides is 3. The van der Waals surface area contributed by atoms with Crippen LogP contribution >= 0.6 is 0 Å². The molecular weight excluding hydrogens is 269 g/mol. The Kier molecular flexibility index (Phi) is 3.65. The summed E-state index contributed by atoms with van der Waals surface area (Å²) in [6.45, 7) is 2.27. The first kappa shape index (κ1) is 14.3. The Balaban J connectivity index is 2.27. The van der Waals surface area contributed by atoms with E-state index in [0.29, 0.717) is 12.2 Å². The molecule has 0 radical (unpaired) electrons. The van der Waals surface area contributed by atoms with Crippen molar-refractivity contribution in [3.63, 3.8) is 0 Å². The summed E-state index contributed by atoms with van der Waals surface area (Å²) in [4.78, 5) is 1.71. The number of rotatable bonds is 3. The largest absolute Gasteiger partial charge is 0.469 e. The molecule has 0 saturated carbocycles. The molecule has 0 amide bonds. The number of aryl methyl sites for hydroxylation is 1. The molecule has 108 valence electrons. The number of nitrogens with zero attached hydrogens (tertiary/aromatic N) is 1. The molecule has 1 aromatic carbocycles. The molecule has 0 bridgehead atoms. The van der Waals surface area contributed by atoms with Crippen molar-refractivity contribution in [2.24, 2.45) is 0 Å². The number of nitrogens with two attached hydrogens (primary N) is 1. The third-order valence-electron chi connectivity index (χ3n) is 3.16. The van der Waals surface area contributed by atoms with Gasteiger partial charge in [0.2, 0.25) is 0 Å². The first-order valence-corrected chi connectivity index (χ1v) is 6.00. The second kappa shape index (κ2) is 5.11. The zero-order chi connectivity index (χ0) is 14.9. The molecule has 2 aromatic rings. The molecule has 0 saturated heterocycles. The quantitative estimate of drug-likeness (QED) is 0.871. The molecule has 2 N–H and O–H groups in total. The summed E-state index contributed by atoms with van der Waals surface area (Å²) in [6, 6.07) is 5.70. The van der Waals surface area contributed by atoms with Crippen LogP contribution in [0.5, 0.6) is 0 Å². The highest BCUT2D eigenvalue weighted by atomic mass is 19.4. The lowest BCUT2D eigenvalue weighted by atomic mass is 10.1. The Bertz CT molecular complexity index is 605. The molecule has 0 aliphatic heterocycles. The number of benzene rings is 1. The van der Waals surface area contributed by atoms with Crippen molar-refractivity contribution in [3.8, 4) is 0 Å². The minimum atomic E-state index is -4.45. The predicted octanol–water partition coefficient (Wildman–Crippen LogP) is 3.83.